The molecule has 0 amide bonds. The molecule has 134 valence electrons. The summed E-state index contributed by atoms with van der Waals surface area (Å²) in [5.41, 5.74) is 0.911. The van der Waals surface area contributed by atoms with Crippen LogP contribution in [0, 0.1) is 18.3 Å². The maximum Gasteiger partial charge on any atom is 0.271 e. The fourth-order valence-electron chi connectivity index (χ4n) is 3.30. The van der Waals surface area contributed by atoms with Crippen LogP contribution in [0.25, 0.3) is 0 Å². The summed E-state index contributed by atoms with van der Waals surface area (Å²) < 4.78 is 1.34. The van der Waals surface area contributed by atoms with Gasteiger partial charge >= 0.3 is 0 Å². The number of benzene rings is 1. The molecule has 1 saturated carbocycles. The average molecular weight is 390 g/mol. The molecule has 0 saturated heterocycles. The molecule has 26 heavy (non-hydrogen) atoms. The van der Waals surface area contributed by atoms with Gasteiger partial charge in [-0.25, -0.2) is 0 Å². The minimum absolute atomic E-state index is 0.0327. The predicted octanol–water partition coefficient (Wildman–Crippen LogP) is 4.91. The summed E-state index contributed by atoms with van der Waals surface area (Å²) in [5, 5.41) is 20.9. The van der Waals surface area contributed by atoms with Gasteiger partial charge < -0.3 is 5.11 Å². The van der Waals surface area contributed by atoms with Crippen LogP contribution < -0.4 is 5.56 Å². The molecule has 0 unspecified atom stereocenters. The van der Waals surface area contributed by atoms with Gasteiger partial charge in [-0.2, -0.15) is 5.26 Å². The zero-order valence-corrected chi connectivity index (χ0v) is 15.7. The van der Waals surface area contributed by atoms with Gasteiger partial charge in [-0.3, -0.25) is 14.4 Å². The highest BCUT2D eigenvalue weighted by atomic mass is 35.5. The summed E-state index contributed by atoms with van der Waals surface area (Å²) in [7, 11) is 0. The van der Waals surface area contributed by atoms with E-state index in [0.717, 1.165) is 25.7 Å². The van der Waals surface area contributed by atoms with E-state index in [1.807, 2.05) is 6.07 Å². The molecule has 0 bridgehead atoms. The number of hydrogen-bond donors (Lipinski definition) is 1. The molecule has 2 aromatic rings. The molecule has 0 aliphatic heterocycles. The van der Waals surface area contributed by atoms with Crippen molar-refractivity contribution in [3.05, 3.63) is 55.3 Å². The Morgan fingerprint density at radius 1 is 1.31 bits per heavy atom. The number of aromatic hydroxyl groups is 1. The molecule has 1 aliphatic rings. The Morgan fingerprint density at radius 3 is 2.62 bits per heavy atom. The molecule has 1 N–H and O–H groups in total. The number of nitrogens with zero attached hydrogens (tertiary/aromatic N) is 3. The van der Waals surface area contributed by atoms with Crippen molar-refractivity contribution >= 4 is 35.1 Å². The monoisotopic (exact) mass is 389 g/mol. The van der Waals surface area contributed by atoms with Crippen molar-refractivity contribution in [1.29, 1.82) is 5.26 Å². The average Bonchev–Trinajstić information content (AvgIpc) is 3.12. The highest BCUT2D eigenvalue weighted by molar-refractivity contribution is 6.42. The van der Waals surface area contributed by atoms with E-state index in [1.165, 1.54) is 10.8 Å². The summed E-state index contributed by atoms with van der Waals surface area (Å²) in [4.78, 5) is 17.0. The largest absolute Gasteiger partial charge is 0.494 e. The lowest BCUT2D eigenvalue weighted by atomic mass is 10.0. The first-order chi connectivity index (χ1) is 12.4. The van der Waals surface area contributed by atoms with Crippen LogP contribution in [0.1, 0.15) is 48.4 Å². The summed E-state index contributed by atoms with van der Waals surface area (Å²) in [6.07, 6.45) is 5.07. The van der Waals surface area contributed by atoms with Gasteiger partial charge in [0.1, 0.15) is 11.6 Å². The number of nitriles is 1. The normalized spacial score (nSPS) is 14.8. The van der Waals surface area contributed by atoms with Crippen molar-refractivity contribution in [2.24, 2.45) is 4.99 Å². The van der Waals surface area contributed by atoms with Crippen LogP contribution in [0.5, 0.6) is 5.88 Å². The van der Waals surface area contributed by atoms with Gasteiger partial charge in [-0.05, 0) is 43.5 Å². The maximum atomic E-state index is 12.6. The van der Waals surface area contributed by atoms with Crippen LogP contribution >= 0.6 is 23.2 Å². The minimum atomic E-state index is -0.443. The Hall–Kier alpha value is -2.29. The lowest BCUT2D eigenvalue weighted by molar-refractivity contribution is 0.368. The van der Waals surface area contributed by atoms with Gasteiger partial charge in [0.2, 0.25) is 5.88 Å². The first kappa shape index (κ1) is 18.5. The van der Waals surface area contributed by atoms with Crippen LogP contribution in [0.3, 0.4) is 0 Å². The van der Waals surface area contributed by atoms with Crippen LogP contribution in [-0.2, 0) is 0 Å². The minimum Gasteiger partial charge on any atom is -0.494 e. The Labute approximate surface area is 161 Å². The van der Waals surface area contributed by atoms with Gasteiger partial charge in [-0.15, -0.1) is 0 Å². The van der Waals surface area contributed by atoms with Crippen LogP contribution in [0.2, 0.25) is 10.0 Å². The van der Waals surface area contributed by atoms with Gasteiger partial charge in [0, 0.05) is 12.3 Å². The number of pyridine rings is 1. The molecular formula is C19H17Cl2N3O2. The van der Waals surface area contributed by atoms with E-state index < -0.39 is 5.56 Å². The standard InChI is InChI=1S/C19H17Cl2N3O2/c1-11-14(9-22)18(25)24(13-4-2-3-5-13)19(26)15(11)10-23-12-6-7-16(20)17(21)8-12/h6-8,10,13,26H,2-5H2,1H3. The fraction of sp³-hybridized carbons (Fsp3) is 0.316. The van der Waals surface area contributed by atoms with Crippen molar-refractivity contribution in [3.63, 3.8) is 0 Å². The van der Waals surface area contributed by atoms with E-state index in [0.29, 0.717) is 26.9 Å². The molecule has 7 heteroatoms. The molecule has 1 aromatic heterocycles. The third kappa shape index (κ3) is 3.35. The second-order valence-electron chi connectivity index (χ2n) is 6.32. The molecule has 1 aliphatic carbocycles. The molecule has 1 heterocycles. The highest BCUT2D eigenvalue weighted by Crippen LogP contribution is 2.33. The molecule has 5 nitrogen and oxygen atoms in total. The number of rotatable bonds is 3. The second kappa shape index (κ2) is 7.53. The fourth-order valence-corrected chi connectivity index (χ4v) is 3.59. The van der Waals surface area contributed by atoms with Crippen molar-refractivity contribution in [3.8, 4) is 11.9 Å². The van der Waals surface area contributed by atoms with Crippen molar-refractivity contribution in [2.75, 3.05) is 0 Å². The van der Waals surface area contributed by atoms with E-state index in [9.17, 15) is 15.2 Å². The Kier molecular flexibility index (Phi) is 5.36. The SMILES string of the molecule is Cc1c(C=Nc2ccc(Cl)c(Cl)c2)c(O)n(C2CCCC2)c(=O)c1C#N. The topological polar surface area (TPSA) is 78.4 Å². The zero-order valence-electron chi connectivity index (χ0n) is 14.2. The third-order valence-electron chi connectivity index (χ3n) is 4.73. The lowest BCUT2D eigenvalue weighted by Gasteiger charge is -2.19. The number of halogens is 2. The quantitative estimate of drug-likeness (QED) is 0.757. The van der Waals surface area contributed by atoms with E-state index in [2.05, 4.69) is 4.99 Å². The Balaban J connectivity index is 2.12. The van der Waals surface area contributed by atoms with Gasteiger partial charge in [0.25, 0.3) is 5.56 Å². The Morgan fingerprint density at radius 2 is 2.00 bits per heavy atom. The molecule has 0 atom stereocenters. The van der Waals surface area contributed by atoms with Gasteiger partial charge in [-0.1, -0.05) is 36.0 Å². The molecule has 3 rings (SSSR count). The van der Waals surface area contributed by atoms with E-state index in [-0.39, 0.29) is 17.5 Å². The predicted molar refractivity (Wildman–Crippen MR) is 103 cm³/mol. The summed E-state index contributed by atoms with van der Waals surface area (Å²) in [6.45, 7) is 1.63. The zero-order chi connectivity index (χ0) is 18.8. The molecule has 0 spiro atoms. The van der Waals surface area contributed by atoms with Crippen molar-refractivity contribution in [1.82, 2.24) is 4.57 Å². The van der Waals surface area contributed by atoms with Gasteiger partial charge in [0.05, 0.1) is 21.3 Å². The first-order valence-electron chi connectivity index (χ1n) is 8.31. The molecule has 1 fully saturated rings. The number of aliphatic imine (C=N–C) groups is 1. The smallest absolute Gasteiger partial charge is 0.271 e. The highest BCUT2D eigenvalue weighted by Gasteiger charge is 2.25. The van der Waals surface area contributed by atoms with E-state index >= 15 is 0 Å². The summed E-state index contributed by atoms with van der Waals surface area (Å²) in [5.74, 6) is -0.151. The first-order valence-corrected chi connectivity index (χ1v) is 9.07. The molecular weight excluding hydrogens is 373 g/mol. The third-order valence-corrected chi connectivity index (χ3v) is 5.47. The molecule has 0 radical (unpaired) electrons. The number of aromatic nitrogens is 1. The van der Waals surface area contributed by atoms with Crippen molar-refractivity contribution < 1.29 is 5.11 Å². The van der Waals surface area contributed by atoms with Crippen LogP contribution in [0.4, 0.5) is 5.69 Å². The van der Waals surface area contributed by atoms with Crippen molar-refractivity contribution in [2.45, 2.75) is 38.6 Å². The second-order valence-corrected chi connectivity index (χ2v) is 7.13. The maximum absolute atomic E-state index is 12.6. The van der Waals surface area contributed by atoms with Gasteiger partial charge in [0.15, 0.2) is 0 Å². The van der Waals surface area contributed by atoms with E-state index in [1.54, 1.807) is 25.1 Å². The lowest BCUT2D eigenvalue weighted by Crippen LogP contribution is -2.28. The number of hydrogen-bond acceptors (Lipinski definition) is 4. The summed E-state index contributed by atoms with van der Waals surface area (Å²) in [6, 6.07) is 6.80. The molecule has 1 aromatic carbocycles. The summed E-state index contributed by atoms with van der Waals surface area (Å²) >= 11 is 11.9. The van der Waals surface area contributed by atoms with Crippen LogP contribution in [0.15, 0.2) is 28.0 Å². The Bertz CT molecular complexity index is 984. The van der Waals surface area contributed by atoms with E-state index in [4.69, 9.17) is 23.2 Å². The van der Waals surface area contributed by atoms with Crippen LogP contribution in [-0.4, -0.2) is 15.9 Å².